The van der Waals surface area contributed by atoms with Gasteiger partial charge in [0.1, 0.15) is 16.7 Å². The Morgan fingerprint density at radius 1 is 0.783 bits per heavy atom. The molecule has 2 heterocycles. The number of aromatic amines is 1. The number of aromatic nitrogens is 4. The highest BCUT2D eigenvalue weighted by Gasteiger charge is 2.19. The summed E-state index contributed by atoms with van der Waals surface area (Å²) in [7, 11) is 0. The number of aliphatic hydroxyl groups excluding tert-OH is 1. The van der Waals surface area contributed by atoms with Gasteiger partial charge in [-0.1, -0.05) is 60.7 Å². The highest BCUT2D eigenvalue weighted by molar-refractivity contribution is 5.99. The van der Waals surface area contributed by atoms with Crippen LogP contribution in [0.15, 0.2) is 60.7 Å². The molecule has 0 radical (unpaired) electrons. The summed E-state index contributed by atoms with van der Waals surface area (Å²) >= 11 is 0. The summed E-state index contributed by atoms with van der Waals surface area (Å²) < 4.78 is 0. The van der Waals surface area contributed by atoms with Gasteiger partial charge in [-0.05, 0) is 5.56 Å². The molecule has 5 nitrogen and oxygen atoms in total. The molecule has 0 bridgehead atoms. The van der Waals surface area contributed by atoms with Gasteiger partial charge in [-0.15, -0.1) is 0 Å². The summed E-state index contributed by atoms with van der Waals surface area (Å²) in [6.07, 6.45) is 0. The lowest BCUT2D eigenvalue weighted by Crippen LogP contribution is -1.99. The molecular weight excluding hydrogens is 288 g/mol. The number of H-pyrrole nitrogens is 1. The van der Waals surface area contributed by atoms with Crippen molar-refractivity contribution in [2.75, 3.05) is 0 Å². The molecule has 0 saturated heterocycles. The first-order chi connectivity index (χ1) is 11.4. The highest BCUT2D eigenvalue weighted by Crippen LogP contribution is 2.34. The molecule has 4 aromatic rings. The van der Waals surface area contributed by atoms with Crippen molar-refractivity contribution < 1.29 is 5.11 Å². The topological polar surface area (TPSA) is 74.7 Å². The van der Waals surface area contributed by atoms with Gasteiger partial charge in [-0.3, -0.25) is 0 Å². The minimum atomic E-state index is -0.160. The third-order valence-corrected chi connectivity index (χ3v) is 3.80. The second-order valence-electron chi connectivity index (χ2n) is 5.19. The summed E-state index contributed by atoms with van der Waals surface area (Å²) in [5, 5.41) is 21.1. The third-order valence-electron chi connectivity index (χ3n) is 3.80. The maximum atomic E-state index is 9.83. The zero-order valence-corrected chi connectivity index (χ0v) is 12.3. The molecule has 0 fully saturated rings. The van der Waals surface area contributed by atoms with Crippen LogP contribution in [0, 0.1) is 0 Å². The number of nitrogens with zero attached hydrogens (tertiary/aromatic N) is 3. The van der Waals surface area contributed by atoms with Crippen LogP contribution in [0.1, 0.15) is 5.69 Å². The summed E-state index contributed by atoms with van der Waals surface area (Å²) in [5.41, 5.74) is 5.45. The van der Waals surface area contributed by atoms with Crippen LogP contribution in [0.3, 0.4) is 0 Å². The minimum absolute atomic E-state index is 0.160. The van der Waals surface area contributed by atoms with E-state index in [1.807, 2.05) is 60.7 Å². The molecule has 0 aliphatic carbocycles. The summed E-state index contributed by atoms with van der Waals surface area (Å²) in [6, 6.07) is 19.6. The molecule has 0 unspecified atom stereocenters. The fourth-order valence-electron chi connectivity index (χ4n) is 2.77. The van der Waals surface area contributed by atoms with Crippen molar-refractivity contribution >= 4 is 11.0 Å². The van der Waals surface area contributed by atoms with Gasteiger partial charge >= 0.3 is 0 Å². The van der Waals surface area contributed by atoms with Crippen LogP contribution in [-0.4, -0.2) is 25.5 Å². The maximum absolute atomic E-state index is 9.83. The van der Waals surface area contributed by atoms with E-state index >= 15 is 0 Å². The number of nitrogens with one attached hydrogen (secondary N) is 1. The Balaban J connectivity index is 2.05. The van der Waals surface area contributed by atoms with Gasteiger partial charge in [0.15, 0.2) is 0 Å². The van der Waals surface area contributed by atoms with E-state index in [9.17, 15) is 5.11 Å². The Hall–Kier alpha value is -3.05. The molecule has 0 aliphatic heterocycles. The normalized spacial score (nSPS) is 11.0. The van der Waals surface area contributed by atoms with Gasteiger partial charge < -0.3 is 5.11 Å². The molecule has 2 aromatic carbocycles. The largest absolute Gasteiger partial charge is 0.390 e. The second-order valence-corrected chi connectivity index (χ2v) is 5.19. The van der Waals surface area contributed by atoms with E-state index in [1.165, 1.54) is 0 Å². The van der Waals surface area contributed by atoms with E-state index in [0.29, 0.717) is 16.7 Å². The van der Waals surface area contributed by atoms with Crippen LogP contribution < -0.4 is 0 Å². The van der Waals surface area contributed by atoms with Crippen molar-refractivity contribution in [2.24, 2.45) is 0 Å². The summed E-state index contributed by atoms with van der Waals surface area (Å²) in [4.78, 5) is 4.67. The quantitative estimate of drug-likeness (QED) is 0.609. The Morgan fingerprint density at radius 2 is 1.39 bits per heavy atom. The first-order valence-corrected chi connectivity index (χ1v) is 7.33. The predicted octanol–water partition coefficient (Wildman–Crippen LogP) is 3.18. The number of rotatable bonds is 3. The number of hydrogen-bond acceptors (Lipinski definition) is 4. The van der Waals surface area contributed by atoms with E-state index in [-0.39, 0.29) is 6.61 Å². The lowest BCUT2D eigenvalue weighted by Gasteiger charge is -2.11. The van der Waals surface area contributed by atoms with Crippen molar-refractivity contribution in [3.63, 3.8) is 0 Å². The number of fused-ring (bicyclic) bond motifs is 1. The van der Waals surface area contributed by atoms with Gasteiger partial charge in [0, 0.05) is 11.1 Å². The third kappa shape index (κ3) is 2.27. The van der Waals surface area contributed by atoms with Gasteiger partial charge in [-0.2, -0.15) is 15.4 Å². The summed E-state index contributed by atoms with van der Waals surface area (Å²) in [5.74, 6) is 0. The molecule has 112 valence electrons. The highest BCUT2D eigenvalue weighted by atomic mass is 16.3. The van der Waals surface area contributed by atoms with Gasteiger partial charge in [0.25, 0.3) is 0 Å². The molecule has 4 rings (SSSR count). The van der Waals surface area contributed by atoms with E-state index in [1.54, 1.807) is 0 Å². The zero-order valence-electron chi connectivity index (χ0n) is 12.3. The maximum Gasteiger partial charge on any atom is 0.139 e. The predicted molar refractivity (Wildman–Crippen MR) is 88.5 cm³/mol. The Labute approximate surface area is 132 Å². The summed E-state index contributed by atoms with van der Waals surface area (Å²) in [6.45, 7) is -0.160. The number of aliphatic hydroxyl groups is 1. The molecule has 0 amide bonds. The zero-order chi connectivity index (χ0) is 15.6. The van der Waals surface area contributed by atoms with Gasteiger partial charge in [0.05, 0.1) is 12.3 Å². The first kappa shape index (κ1) is 13.6. The number of benzene rings is 2. The van der Waals surface area contributed by atoms with E-state index < -0.39 is 0 Å². The SMILES string of the molecule is OCc1nc(-c2ccccc2)c2n[nH]nc2c1-c1ccccc1. The fraction of sp³-hybridized carbons (Fsp3) is 0.0556. The van der Waals surface area contributed by atoms with E-state index in [2.05, 4.69) is 20.4 Å². The average Bonchev–Trinajstić information content (AvgIpc) is 3.11. The lowest BCUT2D eigenvalue weighted by atomic mass is 10.00. The van der Waals surface area contributed by atoms with Crippen molar-refractivity contribution in [3.05, 3.63) is 66.4 Å². The van der Waals surface area contributed by atoms with E-state index in [0.717, 1.165) is 22.4 Å². The first-order valence-electron chi connectivity index (χ1n) is 7.33. The number of pyridine rings is 1. The van der Waals surface area contributed by atoms with Gasteiger partial charge in [0.2, 0.25) is 0 Å². The van der Waals surface area contributed by atoms with Crippen LogP contribution in [0.2, 0.25) is 0 Å². The van der Waals surface area contributed by atoms with Crippen LogP contribution in [0.5, 0.6) is 0 Å². The second kappa shape index (κ2) is 5.62. The standard InChI is InChI=1S/C18H14N4O/c23-11-14-15(12-7-3-1-4-8-12)17-18(21-22-20-17)16(19-14)13-9-5-2-6-10-13/h1-10,23H,11H2,(H,20,21,22). The number of hydrogen-bond donors (Lipinski definition) is 2. The minimum Gasteiger partial charge on any atom is -0.390 e. The van der Waals surface area contributed by atoms with Crippen molar-refractivity contribution in [3.8, 4) is 22.4 Å². The van der Waals surface area contributed by atoms with Crippen LogP contribution in [0.4, 0.5) is 0 Å². The average molecular weight is 302 g/mol. The molecule has 23 heavy (non-hydrogen) atoms. The van der Waals surface area contributed by atoms with Crippen molar-refractivity contribution in [1.82, 2.24) is 20.4 Å². The Morgan fingerprint density at radius 3 is 2.04 bits per heavy atom. The smallest absolute Gasteiger partial charge is 0.139 e. The van der Waals surface area contributed by atoms with Gasteiger partial charge in [-0.25, -0.2) is 4.98 Å². The molecule has 2 N–H and O–H groups in total. The Kier molecular flexibility index (Phi) is 3.33. The monoisotopic (exact) mass is 302 g/mol. The Bertz CT molecular complexity index is 949. The van der Waals surface area contributed by atoms with Crippen molar-refractivity contribution in [2.45, 2.75) is 6.61 Å². The molecular formula is C18H14N4O. The van der Waals surface area contributed by atoms with E-state index in [4.69, 9.17) is 0 Å². The molecule has 2 aromatic heterocycles. The lowest BCUT2D eigenvalue weighted by molar-refractivity contribution is 0.278. The molecule has 5 heteroatoms. The van der Waals surface area contributed by atoms with Crippen LogP contribution in [-0.2, 0) is 6.61 Å². The molecule has 0 aliphatic rings. The molecule has 0 atom stereocenters. The van der Waals surface area contributed by atoms with Crippen molar-refractivity contribution in [1.29, 1.82) is 0 Å². The molecule has 0 spiro atoms. The fourth-order valence-corrected chi connectivity index (χ4v) is 2.77. The molecule has 0 saturated carbocycles. The van der Waals surface area contributed by atoms with Crippen LogP contribution in [0.25, 0.3) is 33.4 Å². The van der Waals surface area contributed by atoms with Crippen LogP contribution >= 0.6 is 0 Å².